The Hall–Kier alpha value is -1.29. The highest BCUT2D eigenvalue weighted by atomic mass is 32.1. The molecule has 0 saturated carbocycles. The van der Waals surface area contributed by atoms with E-state index in [1.165, 1.54) is 4.88 Å². The number of fused-ring (bicyclic) bond motifs is 1. The van der Waals surface area contributed by atoms with Crippen molar-refractivity contribution in [3.63, 3.8) is 0 Å². The molecule has 0 fully saturated rings. The molecule has 0 aromatic carbocycles. The van der Waals surface area contributed by atoms with Gasteiger partial charge in [0.25, 0.3) is 0 Å². The van der Waals surface area contributed by atoms with E-state index in [1.54, 1.807) is 18.3 Å². The van der Waals surface area contributed by atoms with Gasteiger partial charge in [-0.25, -0.2) is 4.79 Å². The molecule has 0 radical (unpaired) electrons. The summed E-state index contributed by atoms with van der Waals surface area (Å²) in [6.45, 7) is 4.33. The lowest BCUT2D eigenvalue weighted by molar-refractivity contribution is 0.0520. The van der Waals surface area contributed by atoms with Gasteiger partial charge in [0.05, 0.1) is 6.61 Å². The number of rotatable bonds is 3. The first kappa shape index (κ1) is 10.2. The number of aromatic nitrogens is 1. The molecule has 0 atom stereocenters. The van der Waals surface area contributed by atoms with Crippen LogP contribution in [0.15, 0.2) is 12.1 Å². The average molecular weight is 223 g/mol. The van der Waals surface area contributed by atoms with Crippen LogP contribution in [0, 0.1) is 0 Å². The van der Waals surface area contributed by atoms with Crippen LogP contribution in [0.5, 0.6) is 0 Å². The summed E-state index contributed by atoms with van der Waals surface area (Å²) < 4.78 is 4.92. The molecule has 15 heavy (non-hydrogen) atoms. The molecular formula is C11H13NO2S. The molecule has 0 bridgehead atoms. The molecule has 4 heteroatoms. The van der Waals surface area contributed by atoms with Crippen molar-refractivity contribution in [1.82, 2.24) is 4.98 Å². The number of aromatic amines is 1. The van der Waals surface area contributed by atoms with Crippen LogP contribution >= 0.6 is 11.3 Å². The van der Waals surface area contributed by atoms with Crippen LogP contribution in [0.25, 0.3) is 10.2 Å². The van der Waals surface area contributed by atoms with Gasteiger partial charge < -0.3 is 9.72 Å². The zero-order chi connectivity index (χ0) is 10.8. The normalized spacial score (nSPS) is 10.8. The third-order valence-electron chi connectivity index (χ3n) is 2.20. The highest BCUT2D eigenvalue weighted by molar-refractivity contribution is 7.18. The molecule has 0 aliphatic heterocycles. The lowest BCUT2D eigenvalue weighted by atomic mass is 10.3. The monoisotopic (exact) mass is 223 g/mol. The second-order valence-electron chi connectivity index (χ2n) is 3.25. The molecule has 2 aromatic rings. The molecule has 3 nitrogen and oxygen atoms in total. The predicted octanol–water partition coefficient (Wildman–Crippen LogP) is 2.97. The number of nitrogens with one attached hydrogen (secondary N) is 1. The second kappa shape index (κ2) is 4.06. The van der Waals surface area contributed by atoms with Gasteiger partial charge in [-0.3, -0.25) is 0 Å². The molecule has 0 aliphatic rings. The van der Waals surface area contributed by atoms with E-state index in [2.05, 4.69) is 18.0 Å². The van der Waals surface area contributed by atoms with Crippen molar-refractivity contribution < 1.29 is 9.53 Å². The van der Waals surface area contributed by atoms with E-state index in [9.17, 15) is 4.79 Å². The minimum atomic E-state index is -0.279. The van der Waals surface area contributed by atoms with Crippen LogP contribution in [0.2, 0.25) is 0 Å². The summed E-state index contributed by atoms with van der Waals surface area (Å²) in [5, 5.41) is 1.10. The Morgan fingerprint density at radius 1 is 1.47 bits per heavy atom. The summed E-state index contributed by atoms with van der Waals surface area (Å²) >= 11 is 1.69. The first-order valence-corrected chi connectivity index (χ1v) is 5.84. The fourth-order valence-electron chi connectivity index (χ4n) is 1.47. The zero-order valence-electron chi connectivity index (χ0n) is 8.79. The van der Waals surface area contributed by atoms with Crippen molar-refractivity contribution in [2.75, 3.05) is 6.61 Å². The van der Waals surface area contributed by atoms with Crippen molar-refractivity contribution in [3.05, 3.63) is 22.7 Å². The number of thiophene rings is 1. The fourth-order valence-corrected chi connectivity index (χ4v) is 2.46. The van der Waals surface area contributed by atoms with Crippen molar-refractivity contribution in [1.29, 1.82) is 0 Å². The van der Waals surface area contributed by atoms with E-state index in [-0.39, 0.29) is 5.97 Å². The smallest absolute Gasteiger partial charge is 0.354 e. The Bertz CT molecular complexity index is 452. The van der Waals surface area contributed by atoms with E-state index in [0.29, 0.717) is 12.3 Å². The van der Waals surface area contributed by atoms with Crippen molar-refractivity contribution >= 4 is 27.5 Å². The van der Waals surface area contributed by atoms with Gasteiger partial charge in [-0.2, -0.15) is 0 Å². The maximum absolute atomic E-state index is 11.4. The number of carbonyl (C=O) groups excluding carboxylic acids is 1. The fraction of sp³-hybridized carbons (Fsp3) is 0.364. The summed E-state index contributed by atoms with van der Waals surface area (Å²) in [5.74, 6) is -0.279. The standard InChI is InChI=1S/C11H13NO2S/c1-3-8-5-7-6-9(11(13)14-4-2)12-10(7)15-8/h5-6,12H,3-4H2,1-2H3. The van der Waals surface area contributed by atoms with E-state index in [0.717, 1.165) is 16.6 Å². The van der Waals surface area contributed by atoms with E-state index >= 15 is 0 Å². The van der Waals surface area contributed by atoms with E-state index in [1.807, 2.05) is 6.07 Å². The summed E-state index contributed by atoms with van der Waals surface area (Å²) in [4.78, 5) is 16.9. The molecule has 2 heterocycles. The Morgan fingerprint density at radius 3 is 2.87 bits per heavy atom. The summed E-state index contributed by atoms with van der Waals surface area (Å²) in [7, 11) is 0. The predicted molar refractivity (Wildman–Crippen MR) is 61.5 cm³/mol. The number of hydrogen-bond acceptors (Lipinski definition) is 3. The largest absolute Gasteiger partial charge is 0.461 e. The highest BCUT2D eigenvalue weighted by Crippen LogP contribution is 2.26. The van der Waals surface area contributed by atoms with Crippen LogP contribution in [0.4, 0.5) is 0 Å². The Kier molecular flexibility index (Phi) is 2.77. The number of esters is 1. The molecular weight excluding hydrogens is 210 g/mol. The maximum Gasteiger partial charge on any atom is 0.354 e. The van der Waals surface area contributed by atoms with Crippen LogP contribution in [0.3, 0.4) is 0 Å². The minimum absolute atomic E-state index is 0.279. The SMILES string of the molecule is CCOC(=O)c1cc2cc(CC)sc2[nH]1. The summed E-state index contributed by atoms with van der Waals surface area (Å²) in [5.41, 5.74) is 0.542. The van der Waals surface area contributed by atoms with Crippen LogP contribution < -0.4 is 0 Å². The number of H-pyrrole nitrogens is 1. The second-order valence-corrected chi connectivity index (χ2v) is 4.39. The van der Waals surface area contributed by atoms with Crippen molar-refractivity contribution in [2.24, 2.45) is 0 Å². The number of carbonyl (C=O) groups is 1. The maximum atomic E-state index is 11.4. The third-order valence-corrected chi connectivity index (χ3v) is 3.41. The van der Waals surface area contributed by atoms with Gasteiger partial charge in [0.15, 0.2) is 0 Å². The topological polar surface area (TPSA) is 42.1 Å². The van der Waals surface area contributed by atoms with Crippen LogP contribution in [-0.4, -0.2) is 17.6 Å². The molecule has 2 rings (SSSR count). The molecule has 0 amide bonds. The van der Waals surface area contributed by atoms with E-state index in [4.69, 9.17) is 4.74 Å². The van der Waals surface area contributed by atoms with Gasteiger partial charge in [0, 0.05) is 10.3 Å². The summed E-state index contributed by atoms with van der Waals surface area (Å²) in [6, 6.07) is 3.96. The number of hydrogen-bond donors (Lipinski definition) is 1. The third kappa shape index (κ3) is 1.90. The van der Waals surface area contributed by atoms with Crippen LogP contribution in [0.1, 0.15) is 29.2 Å². The van der Waals surface area contributed by atoms with Crippen molar-refractivity contribution in [2.45, 2.75) is 20.3 Å². The van der Waals surface area contributed by atoms with Gasteiger partial charge in [-0.1, -0.05) is 6.92 Å². The van der Waals surface area contributed by atoms with Crippen LogP contribution in [-0.2, 0) is 11.2 Å². The van der Waals surface area contributed by atoms with Gasteiger partial charge in [0.1, 0.15) is 10.5 Å². The Balaban J connectivity index is 2.32. The Labute approximate surface area is 92.1 Å². The van der Waals surface area contributed by atoms with E-state index < -0.39 is 0 Å². The Morgan fingerprint density at radius 2 is 2.27 bits per heavy atom. The van der Waals surface area contributed by atoms with Crippen molar-refractivity contribution in [3.8, 4) is 0 Å². The molecule has 2 aromatic heterocycles. The quantitative estimate of drug-likeness (QED) is 0.813. The minimum Gasteiger partial charge on any atom is -0.461 e. The number of aryl methyl sites for hydroxylation is 1. The first-order chi connectivity index (χ1) is 7.24. The zero-order valence-corrected chi connectivity index (χ0v) is 9.61. The highest BCUT2D eigenvalue weighted by Gasteiger charge is 2.11. The van der Waals surface area contributed by atoms with Gasteiger partial charge in [-0.15, -0.1) is 11.3 Å². The molecule has 80 valence electrons. The molecule has 0 unspecified atom stereocenters. The molecule has 1 N–H and O–H groups in total. The molecule has 0 aliphatic carbocycles. The molecule has 0 spiro atoms. The average Bonchev–Trinajstić information content (AvgIpc) is 2.74. The van der Waals surface area contributed by atoms with Gasteiger partial charge in [-0.05, 0) is 25.5 Å². The first-order valence-electron chi connectivity index (χ1n) is 5.03. The lowest BCUT2D eigenvalue weighted by Crippen LogP contribution is -2.04. The summed E-state index contributed by atoms with van der Waals surface area (Å²) in [6.07, 6.45) is 1.03. The number of ether oxygens (including phenoxy) is 1. The van der Waals surface area contributed by atoms with Gasteiger partial charge in [0.2, 0.25) is 0 Å². The lowest BCUT2D eigenvalue weighted by Gasteiger charge is -1.96. The van der Waals surface area contributed by atoms with Gasteiger partial charge >= 0.3 is 5.97 Å². The molecule has 0 saturated heterocycles.